The van der Waals surface area contributed by atoms with Crippen LogP contribution in [0.2, 0.25) is 0 Å². The Labute approximate surface area is 182 Å². The van der Waals surface area contributed by atoms with Crippen LogP contribution in [0.1, 0.15) is 23.5 Å². The SMILES string of the molecule is CN=C(NCCCc1cn(-c2ccccc2)nc1C)NCc1ncnn1C.I. The minimum Gasteiger partial charge on any atom is -0.356 e. The molecule has 0 aliphatic rings. The lowest BCUT2D eigenvalue weighted by molar-refractivity contribution is 0.668. The number of halogens is 1. The summed E-state index contributed by atoms with van der Waals surface area (Å²) in [6.45, 7) is 3.47. The van der Waals surface area contributed by atoms with Crippen molar-refractivity contribution in [2.75, 3.05) is 13.6 Å². The number of guanidine groups is 1. The molecule has 0 unspecified atom stereocenters. The molecule has 2 N–H and O–H groups in total. The van der Waals surface area contributed by atoms with E-state index in [9.17, 15) is 0 Å². The Morgan fingerprint density at radius 3 is 2.64 bits per heavy atom. The van der Waals surface area contributed by atoms with E-state index in [1.165, 1.54) is 5.56 Å². The molecule has 0 atom stereocenters. The van der Waals surface area contributed by atoms with Crippen molar-refractivity contribution in [1.29, 1.82) is 0 Å². The summed E-state index contributed by atoms with van der Waals surface area (Å²) in [7, 11) is 3.64. The first kappa shape index (κ1) is 21.9. The van der Waals surface area contributed by atoms with Gasteiger partial charge in [0.05, 0.1) is 17.9 Å². The molecule has 8 nitrogen and oxygen atoms in total. The Morgan fingerprint density at radius 1 is 1.18 bits per heavy atom. The number of aromatic nitrogens is 5. The molecular weight excluding hydrogens is 467 g/mol. The van der Waals surface area contributed by atoms with Gasteiger partial charge in [0.2, 0.25) is 0 Å². The third-order valence-corrected chi connectivity index (χ3v) is 4.38. The highest BCUT2D eigenvalue weighted by Gasteiger charge is 2.07. The summed E-state index contributed by atoms with van der Waals surface area (Å²) >= 11 is 0. The lowest BCUT2D eigenvalue weighted by Crippen LogP contribution is -2.38. The first-order valence-corrected chi connectivity index (χ1v) is 9.05. The maximum absolute atomic E-state index is 4.62. The lowest BCUT2D eigenvalue weighted by Gasteiger charge is -2.11. The highest BCUT2D eigenvalue weighted by Crippen LogP contribution is 2.13. The van der Waals surface area contributed by atoms with Crippen molar-refractivity contribution in [2.45, 2.75) is 26.3 Å². The smallest absolute Gasteiger partial charge is 0.191 e. The van der Waals surface area contributed by atoms with Gasteiger partial charge < -0.3 is 10.6 Å². The minimum absolute atomic E-state index is 0. The van der Waals surface area contributed by atoms with Crippen LogP contribution in [0.3, 0.4) is 0 Å². The second-order valence-electron chi connectivity index (χ2n) is 6.28. The molecule has 28 heavy (non-hydrogen) atoms. The van der Waals surface area contributed by atoms with Gasteiger partial charge in [0.15, 0.2) is 5.96 Å². The molecule has 0 aliphatic heterocycles. The summed E-state index contributed by atoms with van der Waals surface area (Å²) < 4.78 is 3.69. The molecule has 0 spiro atoms. The van der Waals surface area contributed by atoms with Crippen LogP contribution >= 0.6 is 24.0 Å². The third kappa shape index (κ3) is 5.78. The van der Waals surface area contributed by atoms with Crippen molar-refractivity contribution in [3.05, 3.63) is 59.9 Å². The summed E-state index contributed by atoms with van der Waals surface area (Å²) in [6.07, 6.45) is 5.62. The van der Waals surface area contributed by atoms with E-state index in [0.29, 0.717) is 6.54 Å². The van der Waals surface area contributed by atoms with Gasteiger partial charge in [-0.1, -0.05) is 18.2 Å². The highest BCUT2D eigenvalue weighted by molar-refractivity contribution is 14.0. The number of aryl methyl sites for hydroxylation is 3. The van der Waals surface area contributed by atoms with Crippen LogP contribution in [0.15, 0.2) is 47.8 Å². The molecule has 3 aromatic rings. The largest absolute Gasteiger partial charge is 0.356 e. The molecule has 0 aliphatic carbocycles. The molecule has 0 fully saturated rings. The van der Waals surface area contributed by atoms with E-state index < -0.39 is 0 Å². The van der Waals surface area contributed by atoms with Crippen LogP contribution in [0.4, 0.5) is 0 Å². The Morgan fingerprint density at radius 2 is 1.96 bits per heavy atom. The zero-order valence-corrected chi connectivity index (χ0v) is 18.8. The highest BCUT2D eigenvalue weighted by atomic mass is 127. The molecule has 150 valence electrons. The second-order valence-corrected chi connectivity index (χ2v) is 6.28. The van der Waals surface area contributed by atoms with Crippen LogP contribution in [-0.4, -0.2) is 44.1 Å². The molecule has 9 heteroatoms. The summed E-state index contributed by atoms with van der Waals surface area (Å²) in [4.78, 5) is 8.44. The fraction of sp³-hybridized carbons (Fsp3) is 0.368. The van der Waals surface area contributed by atoms with Gasteiger partial charge >= 0.3 is 0 Å². The van der Waals surface area contributed by atoms with Gasteiger partial charge in [0.1, 0.15) is 12.2 Å². The van der Waals surface area contributed by atoms with E-state index in [1.807, 2.05) is 29.9 Å². The Hall–Kier alpha value is -2.43. The lowest BCUT2D eigenvalue weighted by atomic mass is 10.1. The van der Waals surface area contributed by atoms with E-state index in [-0.39, 0.29) is 24.0 Å². The number of aliphatic imine (C=N–C) groups is 1. The molecule has 0 amide bonds. The topological polar surface area (TPSA) is 84.9 Å². The molecule has 2 heterocycles. The number of hydrogen-bond donors (Lipinski definition) is 2. The van der Waals surface area contributed by atoms with Crippen molar-refractivity contribution in [3.63, 3.8) is 0 Å². The van der Waals surface area contributed by atoms with E-state index in [2.05, 4.69) is 56.1 Å². The average molecular weight is 494 g/mol. The molecule has 2 aromatic heterocycles. The summed E-state index contributed by atoms with van der Waals surface area (Å²) in [5.41, 5.74) is 3.42. The summed E-state index contributed by atoms with van der Waals surface area (Å²) in [5, 5.41) is 15.3. The average Bonchev–Trinajstić information content (AvgIpc) is 3.27. The fourth-order valence-corrected chi connectivity index (χ4v) is 2.80. The normalized spacial score (nSPS) is 11.2. The van der Waals surface area contributed by atoms with Gasteiger partial charge in [0, 0.05) is 26.8 Å². The Balaban J connectivity index is 0.00000280. The van der Waals surface area contributed by atoms with Gasteiger partial charge in [-0.2, -0.15) is 10.2 Å². The summed E-state index contributed by atoms with van der Waals surface area (Å²) in [5.74, 6) is 1.62. The Kier molecular flexibility index (Phi) is 8.42. The molecule has 0 radical (unpaired) electrons. The third-order valence-electron chi connectivity index (χ3n) is 4.38. The number of hydrogen-bond acceptors (Lipinski definition) is 4. The van der Waals surface area contributed by atoms with Gasteiger partial charge in [0.25, 0.3) is 0 Å². The monoisotopic (exact) mass is 494 g/mol. The minimum atomic E-state index is 0. The zero-order chi connectivity index (χ0) is 19.1. The van der Waals surface area contributed by atoms with Crippen LogP contribution in [0, 0.1) is 6.92 Å². The van der Waals surface area contributed by atoms with Crippen LogP contribution < -0.4 is 10.6 Å². The number of benzene rings is 1. The van der Waals surface area contributed by atoms with Gasteiger partial charge in [-0.3, -0.25) is 9.67 Å². The van der Waals surface area contributed by atoms with Crippen LogP contribution in [0.25, 0.3) is 5.69 Å². The Bertz CT molecular complexity index is 884. The molecule has 0 saturated heterocycles. The number of nitrogens with one attached hydrogen (secondary N) is 2. The first-order chi connectivity index (χ1) is 13.2. The van der Waals surface area contributed by atoms with E-state index in [1.54, 1.807) is 18.1 Å². The van der Waals surface area contributed by atoms with E-state index in [4.69, 9.17) is 0 Å². The molecule has 0 saturated carbocycles. The predicted molar refractivity (Wildman–Crippen MR) is 121 cm³/mol. The van der Waals surface area contributed by atoms with Crippen molar-refractivity contribution in [2.24, 2.45) is 12.0 Å². The quantitative estimate of drug-likeness (QED) is 0.228. The van der Waals surface area contributed by atoms with Crippen molar-refractivity contribution < 1.29 is 0 Å². The maximum atomic E-state index is 4.62. The number of rotatable bonds is 7. The molecule has 1 aromatic carbocycles. The second kappa shape index (κ2) is 10.8. The predicted octanol–water partition coefficient (Wildman–Crippen LogP) is 2.23. The maximum Gasteiger partial charge on any atom is 0.191 e. The van der Waals surface area contributed by atoms with Gasteiger partial charge in [-0.15, -0.1) is 24.0 Å². The standard InChI is InChI=1S/C19H26N8.HI/c1-15-16(13-27(25-15)17-9-5-4-6-10-17)8-7-11-21-19(20-2)22-12-18-23-14-24-26(18)3;/h4-6,9-10,13-14H,7-8,11-12H2,1-3H3,(H2,20,21,22);1H. The number of nitrogens with zero attached hydrogens (tertiary/aromatic N) is 6. The fourth-order valence-electron chi connectivity index (χ4n) is 2.80. The molecule has 0 bridgehead atoms. The van der Waals surface area contributed by atoms with Crippen LogP contribution in [0.5, 0.6) is 0 Å². The van der Waals surface area contributed by atoms with Crippen molar-refractivity contribution in [1.82, 2.24) is 35.2 Å². The van der Waals surface area contributed by atoms with Crippen LogP contribution in [-0.2, 0) is 20.0 Å². The van der Waals surface area contributed by atoms with E-state index in [0.717, 1.165) is 42.6 Å². The summed E-state index contributed by atoms with van der Waals surface area (Å²) in [6, 6.07) is 10.2. The first-order valence-electron chi connectivity index (χ1n) is 9.05. The van der Waals surface area contributed by atoms with Gasteiger partial charge in [-0.25, -0.2) is 9.67 Å². The van der Waals surface area contributed by atoms with Crippen molar-refractivity contribution in [3.8, 4) is 5.69 Å². The van der Waals surface area contributed by atoms with Gasteiger partial charge in [-0.05, 0) is 37.5 Å². The zero-order valence-electron chi connectivity index (χ0n) is 16.5. The van der Waals surface area contributed by atoms with E-state index >= 15 is 0 Å². The molecular formula is C19H27IN8. The van der Waals surface area contributed by atoms with Crippen molar-refractivity contribution >= 4 is 29.9 Å². The molecule has 3 rings (SSSR count). The number of para-hydroxylation sites is 1.